The maximum atomic E-state index is 12.7. The fourth-order valence-corrected chi connectivity index (χ4v) is 1.50. The minimum Gasteiger partial charge on any atom is -0.411 e. The third-order valence-corrected chi connectivity index (χ3v) is 2.10. The van der Waals surface area contributed by atoms with E-state index in [1.54, 1.807) is 6.07 Å². The van der Waals surface area contributed by atoms with Crippen molar-refractivity contribution in [3.05, 3.63) is 35.1 Å². The van der Waals surface area contributed by atoms with Crippen LogP contribution in [0.4, 0.5) is 4.39 Å². The molecular weight excluding hydrogens is 157 g/mol. The summed E-state index contributed by atoms with van der Waals surface area (Å²) in [6, 6.07) is 4.66. The monoisotopic (exact) mass is 165 g/mol. The Morgan fingerprint density at radius 3 is 2.75 bits per heavy atom. The van der Waals surface area contributed by atoms with Gasteiger partial charge in [-0.05, 0) is 23.3 Å². The Labute approximate surface area is 69.3 Å². The Morgan fingerprint density at radius 2 is 2.00 bits per heavy atom. The molecular formula is C9H8FNO. The molecule has 0 fully saturated rings. The van der Waals surface area contributed by atoms with Gasteiger partial charge in [-0.3, -0.25) is 0 Å². The van der Waals surface area contributed by atoms with Crippen molar-refractivity contribution in [3.8, 4) is 0 Å². The fourth-order valence-electron chi connectivity index (χ4n) is 1.50. The van der Waals surface area contributed by atoms with E-state index in [0.29, 0.717) is 18.6 Å². The summed E-state index contributed by atoms with van der Waals surface area (Å²) in [4.78, 5) is 0. The van der Waals surface area contributed by atoms with Crippen molar-refractivity contribution in [2.45, 2.75) is 12.8 Å². The van der Waals surface area contributed by atoms with Crippen molar-refractivity contribution in [2.75, 3.05) is 0 Å². The molecule has 12 heavy (non-hydrogen) atoms. The molecule has 0 atom stereocenters. The Hall–Kier alpha value is -1.38. The van der Waals surface area contributed by atoms with E-state index in [9.17, 15) is 4.39 Å². The van der Waals surface area contributed by atoms with Crippen LogP contribution in [-0.4, -0.2) is 10.9 Å². The first-order valence-corrected chi connectivity index (χ1v) is 3.76. The number of hydrogen-bond acceptors (Lipinski definition) is 2. The molecule has 0 radical (unpaired) electrons. The maximum Gasteiger partial charge on any atom is 0.123 e. The average Bonchev–Trinajstić information content (AvgIpc) is 2.46. The van der Waals surface area contributed by atoms with Crippen LogP contribution in [0.25, 0.3) is 0 Å². The Bertz CT molecular complexity index is 346. The third kappa shape index (κ3) is 1.07. The second-order valence-electron chi connectivity index (χ2n) is 2.93. The first-order chi connectivity index (χ1) is 5.79. The van der Waals surface area contributed by atoms with Crippen molar-refractivity contribution in [1.29, 1.82) is 0 Å². The molecule has 62 valence electrons. The molecule has 0 amide bonds. The number of oxime groups is 1. The van der Waals surface area contributed by atoms with Crippen LogP contribution in [-0.2, 0) is 12.8 Å². The normalized spacial score (nSPS) is 18.2. The molecule has 1 aliphatic rings. The van der Waals surface area contributed by atoms with E-state index in [2.05, 4.69) is 5.16 Å². The molecule has 0 spiro atoms. The SMILES string of the molecule is ON=C1Cc2ccc(F)cc2C1. The highest BCUT2D eigenvalue weighted by molar-refractivity contribution is 5.92. The Morgan fingerprint density at radius 1 is 1.25 bits per heavy atom. The summed E-state index contributed by atoms with van der Waals surface area (Å²) in [5, 5.41) is 11.6. The van der Waals surface area contributed by atoms with Gasteiger partial charge >= 0.3 is 0 Å². The summed E-state index contributed by atoms with van der Waals surface area (Å²) in [6.45, 7) is 0. The van der Waals surface area contributed by atoms with Crippen molar-refractivity contribution in [3.63, 3.8) is 0 Å². The molecule has 2 rings (SSSR count). The molecule has 1 aromatic rings. The molecule has 0 aromatic heterocycles. The van der Waals surface area contributed by atoms with Gasteiger partial charge in [-0.1, -0.05) is 11.2 Å². The van der Waals surface area contributed by atoms with Crippen LogP contribution in [0.3, 0.4) is 0 Å². The molecule has 0 bridgehead atoms. The molecule has 1 N–H and O–H groups in total. The van der Waals surface area contributed by atoms with Crippen LogP contribution >= 0.6 is 0 Å². The van der Waals surface area contributed by atoms with Crippen LogP contribution in [0.1, 0.15) is 11.1 Å². The van der Waals surface area contributed by atoms with E-state index in [1.807, 2.05) is 0 Å². The summed E-state index contributed by atoms with van der Waals surface area (Å²) in [5.41, 5.74) is 2.70. The predicted molar refractivity (Wildman–Crippen MR) is 43.0 cm³/mol. The smallest absolute Gasteiger partial charge is 0.123 e. The molecule has 1 aromatic carbocycles. The summed E-state index contributed by atoms with van der Waals surface area (Å²) in [6.07, 6.45) is 1.22. The zero-order valence-electron chi connectivity index (χ0n) is 6.42. The number of rotatable bonds is 0. The summed E-state index contributed by atoms with van der Waals surface area (Å²) >= 11 is 0. The van der Waals surface area contributed by atoms with Gasteiger partial charge in [0, 0.05) is 12.8 Å². The number of nitrogens with zero attached hydrogens (tertiary/aromatic N) is 1. The highest BCUT2D eigenvalue weighted by Crippen LogP contribution is 2.20. The van der Waals surface area contributed by atoms with Gasteiger partial charge < -0.3 is 5.21 Å². The second-order valence-corrected chi connectivity index (χ2v) is 2.93. The topological polar surface area (TPSA) is 32.6 Å². The van der Waals surface area contributed by atoms with Gasteiger partial charge in [0.15, 0.2) is 0 Å². The van der Waals surface area contributed by atoms with Gasteiger partial charge in [-0.15, -0.1) is 0 Å². The van der Waals surface area contributed by atoms with Crippen LogP contribution in [0.5, 0.6) is 0 Å². The summed E-state index contributed by atoms with van der Waals surface area (Å²) in [7, 11) is 0. The van der Waals surface area contributed by atoms with E-state index in [-0.39, 0.29) is 5.82 Å². The zero-order valence-corrected chi connectivity index (χ0v) is 6.42. The standard InChI is InChI=1S/C9H8FNO/c10-8-2-1-6-4-9(11-12)5-7(6)3-8/h1-3,12H,4-5H2. The summed E-state index contributed by atoms with van der Waals surface area (Å²) < 4.78 is 12.7. The van der Waals surface area contributed by atoms with Gasteiger partial charge in [-0.2, -0.15) is 0 Å². The molecule has 0 heterocycles. The van der Waals surface area contributed by atoms with Crippen LogP contribution in [0.2, 0.25) is 0 Å². The lowest BCUT2D eigenvalue weighted by Crippen LogP contribution is -1.94. The molecule has 1 aliphatic carbocycles. The van der Waals surface area contributed by atoms with Crippen molar-refractivity contribution in [1.82, 2.24) is 0 Å². The maximum absolute atomic E-state index is 12.7. The molecule has 2 nitrogen and oxygen atoms in total. The first-order valence-electron chi connectivity index (χ1n) is 3.76. The minimum absolute atomic E-state index is 0.229. The average molecular weight is 165 g/mol. The summed E-state index contributed by atoms with van der Waals surface area (Å²) in [5.74, 6) is -0.229. The van der Waals surface area contributed by atoms with Crippen molar-refractivity contribution >= 4 is 5.71 Å². The van der Waals surface area contributed by atoms with Gasteiger partial charge in [-0.25, -0.2) is 4.39 Å². The number of halogens is 1. The number of hydrogen-bond donors (Lipinski definition) is 1. The van der Waals surface area contributed by atoms with Crippen LogP contribution in [0, 0.1) is 5.82 Å². The highest BCUT2D eigenvalue weighted by Gasteiger charge is 2.17. The fraction of sp³-hybridized carbons (Fsp3) is 0.222. The number of benzene rings is 1. The largest absolute Gasteiger partial charge is 0.411 e. The van der Waals surface area contributed by atoms with Gasteiger partial charge in [0.25, 0.3) is 0 Å². The molecule has 0 saturated carbocycles. The molecule has 0 unspecified atom stereocenters. The molecule has 0 saturated heterocycles. The quantitative estimate of drug-likeness (QED) is 0.461. The first kappa shape index (κ1) is 7.28. The zero-order chi connectivity index (χ0) is 8.55. The van der Waals surface area contributed by atoms with E-state index in [0.717, 1.165) is 11.1 Å². The Kier molecular flexibility index (Phi) is 1.57. The van der Waals surface area contributed by atoms with E-state index >= 15 is 0 Å². The molecule has 3 heteroatoms. The van der Waals surface area contributed by atoms with Crippen molar-refractivity contribution < 1.29 is 9.60 Å². The Balaban J connectivity index is 2.42. The van der Waals surface area contributed by atoms with Crippen LogP contribution in [0.15, 0.2) is 23.4 Å². The lowest BCUT2D eigenvalue weighted by molar-refractivity contribution is 0.317. The van der Waals surface area contributed by atoms with Gasteiger partial charge in [0.05, 0.1) is 5.71 Å². The van der Waals surface area contributed by atoms with Gasteiger partial charge in [0.1, 0.15) is 5.82 Å². The molecule has 0 aliphatic heterocycles. The van der Waals surface area contributed by atoms with E-state index in [1.165, 1.54) is 12.1 Å². The highest BCUT2D eigenvalue weighted by atomic mass is 19.1. The van der Waals surface area contributed by atoms with Crippen molar-refractivity contribution in [2.24, 2.45) is 5.16 Å². The van der Waals surface area contributed by atoms with Crippen LogP contribution < -0.4 is 0 Å². The third-order valence-electron chi connectivity index (χ3n) is 2.10. The lowest BCUT2D eigenvalue weighted by Gasteiger charge is -1.95. The lowest BCUT2D eigenvalue weighted by atomic mass is 10.1. The van der Waals surface area contributed by atoms with Gasteiger partial charge in [0.2, 0.25) is 0 Å². The minimum atomic E-state index is -0.229. The predicted octanol–water partition coefficient (Wildman–Crippen LogP) is 1.75. The van der Waals surface area contributed by atoms with E-state index in [4.69, 9.17) is 5.21 Å². The van der Waals surface area contributed by atoms with E-state index < -0.39 is 0 Å². The second kappa shape index (κ2) is 2.59. The number of fused-ring (bicyclic) bond motifs is 1.